The molecule has 30 heavy (non-hydrogen) atoms. The van der Waals surface area contributed by atoms with Gasteiger partial charge in [0.1, 0.15) is 17.1 Å². The molecule has 0 bridgehead atoms. The van der Waals surface area contributed by atoms with Gasteiger partial charge in [0.2, 0.25) is 0 Å². The van der Waals surface area contributed by atoms with Crippen molar-refractivity contribution in [1.29, 1.82) is 0 Å². The van der Waals surface area contributed by atoms with Crippen molar-refractivity contribution >= 4 is 17.8 Å². The molecule has 0 radical (unpaired) electrons. The van der Waals surface area contributed by atoms with Crippen molar-refractivity contribution in [1.82, 2.24) is 15.1 Å². The largest absolute Gasteiger partial charge is 0.497 e. The van der Waals surface area contributed by atoms with E-state index in [9.17, 15) is 18.8 Å². The summed E-state index contributed by atoms with van der Waals surface area (Å²) in [4.78, 5) is 41.1. The van der Waals surface area contributed by atoms with Crippen LogP contribution in [0.1, 0.15) is 28.8 Å². The van der Waals surface area contributed by atoms with Gasteiger partial charge in [0.25, 0.3) is 11.8 Å². The lowest BCUT2D eigenvalue weighted by molar-refractivity contribution is -0.133. The molecular formula is C22H22FN3O4. The number of carbonyl (C=O) groups is 3. The van der Waals surface area contributed by atoms with Gasteiger partial charge in [-0.05, 0) is 54.8 Å². The summed E-state index contributed by atoms with van der Waals surface area (Å²) in [5.74, 6) is -0.119. The third-order valence-electron chi connectivity index (χ3n) is 5.74. The molecule has 2 aliphatic rings. The number of piperidine rings is 1. The molecule has 7 nitrogen and oxygen atoms in total. The summed E-state index contributed by atoms with van der Waals surface area (Å²) in [6.45, 7) is 0.809. The minimum atomic E-state index is -0.992. The van der Waals surface area contributed by atoms with Gasteiger partial charge in [0.15, 0.2) is 0 Å². The van der Waals surface area contributed by atoms with Crippen molar-refractivity contribution in [3.05, 3.63) is 65.5 Å². The minimum Gasteiger partial charge on any atom is -0.497 e. The number of methoxy groups -OCH3 is 1. The van der Waals surface area contributed by atoms with Crippen molar-refractivity contribution in [2.45, 2.75) is 24.9 Å². The number of halogens is 1. The first-order valence-electron chi connectivity index (χ1n) is 9.74. The Labute approximate surface area is 173 Å². The summed E-state index contributed by atoms with van der Waals surface area (Å²) < 4.78 is 18.2. The fraction of sp³-hybridized carbons (Fsp3) is 0.318. The highest BCUT2D eigenvalue weighted by Gasteiger charge is 2.52. The average molecular weight is 411 g/mol. The molecule has 1 N–H and O–H groups in total. The van der Waals surface area contributed by atoms with Crippen LogP contribution in [0.2, 0.25) is 0 Å². The molecule has 8 heteroatoms. The number of amides is 4. The highest BCUT2D eigenvalue weighted by Crippen LogP contribution is 2.31. The van der Waals surface area contributed by atoms with E-state index in [0.29, 0.717) is 42.8 Å². The molecule has 1 spiro atoms. The first-order valence-corrected chi connectivity index (χ1v) is 9.74. The first kappa shape index (κ1) is 19.9. The fourth-order valence-electron chi connectivity index (χ4n) is 3.94. The quantitative estimate of drug-likeness (QED) is 0.785. The number of benzene rings is 2. The zero-order valence-corrected chi connectivity index (χ0v) is 16.6. The van der Waals surface area contributed by atoms with Crippen molar-refractivity contribution in [2.24, 2.45) is 0 Å². The summed E-state index contributed by atoms with van der Waals surface area (Å²) in [5.41, 5.74) is 0.226. The third kappa shape index (κ3) is 3.60. The maximum Gasteiger partial charge on any atom is 0.325 e. The number of imide groups is 1. The Morgan fingerprint density at radius 2 is 1.70 bits per heavy atom. The topological polar surface area (TPSA) is 79.0 Å². The lowest BCUT2D eigenvalue weighted by atomic mass is 9.87. The van der Waals surface area contributed by atoms with E-state index in [1.807, 2.05) is 0 Å². The van der Waals surface area contributed by atoms with Crippen LogP contribution in [0.25, 0.3) is 0 Å². The number of rotatable bonds is 4. The Balaban J connectivity index is 1.41. The number of nitrogens with one attached hydrogen (secondary N) is 1. The molecular weight excluding hydrogens is 389 g/mol. The van der Waals surface area contributed by atoms with Gasteiger partial charge in [-0.15, -0.1) is 0 Å². The number of nitrogens with zero attached hydrogens (tertiary/aromatic N) is 2. The number of likely N-dealkylation sites (tertiary alicyclic amines) is 1. The van der Waals surface area contributed by atoms with Gasteiger partial charge < -0.3 is 15.0 Å². The zero-order valence-electron chi connectivity index (χ0n) is 16.6. The highest BCUT2D eigenvalue weighted by atomic mass is 19.1. The monoisotopic (exact) mass is 411 g/mol. The normalized spacial score (nSPS) is 17.9. The van der Waals surface area contributed by atoms with E-state index in [-0.39, 0.29) is 24.2 Å². The smallest absolute Gasteiger partial charge is 0.325 e. The van der Waals surface area contributed by atoms with Crippen LogP contribution in [-0.2, 0) is 11.3 Å². The highest BCUT2D eigenvalue weighted by molar-refractivity contribution is 6.07. The predicted octanol–water partition coefficient (Wildman–Crippen LogP) is 2.56. The molecule has 2 aliphatic heterocycles. The Bertz CT molecular complexity index is 967. The predicted molar refractivity (Wildman–Crippen MR) is 106 cm³/mol. The number of hydrogen-bond acceptors (Lipinski definition) is 4. The minimum absolute atomic E-state index is 0.0845. The number of ether oxygens (including phenoxy) is 1. The van der Waals surface area contributed by atoms with Crippen LogP contribution in [0.5, 0.6) is 5.75 Å². The molecule has 4 rings (SSSR count). The van der Waals surface area contributed by atoms with Gasteiger partial charge in [-0.3, -0.25) is 14.5 Å². The lowest BCUT2D eigenvalue weighted by Gasteiger charge is -2.37. The molecule has 0 unspecified atom stereocenters. The van der Waals surface area contributed by atoms with Gasteiger partial charge >= 0.3 is 6.03 Å². The summed E-state index contributed by atoms with van der Waals surface area (Å²) in [6, 6.07) is 12.1. The Kier molecular flexibility index (Phi) is 5.15. The van der Waals surface area contributed by atoms with Gasteiger partial charge in [-0.25, -0.2) is 9.18 Å². The maximum absolute atomic E-state index is 13.1. The van der Waals surface area contributed by atoms with Gasteiger partial charge in [0.05, 0.1) is 13.7 Å². The van der Waals surface area contributed by atoms with Crippen LogP contribution in [-0.4, -0.2) is 53.4 Å². The second-order valence-electron chi connectivity index (χ2n) is 7.55. The Hall–Kier alpha value is -3.42. The summed E-state index contributed by atoms with van der Waals surface area (Å²) >= 11 is 0. The second-order valence-corrected chi connectivity index (χ2v) is 7.55. The van der Waals surface area contributed by atoms with Crippen LogP contribution in [0.15, 0.2) is 48.5 Å². The average Bonchev–Trinajstić information content (AvgIpc) is 2.99. The molecule has 2 aromatic rings. The maximum atomic E-state index is 13.1. The molecule has 0 aliphatic carbocycles. The molecule has 4 amide bonds. The van der Waals surface area contributed by atoms with Crippen LogP contribution >= 0.6 is 0 Å². The van der Waals surface area contributed by atoms with Crippen molar-refractivity contribution in [3.63, 3.8) is 0 Å². The fourth-order valence-corrected chi connectivity index (χ4v) is 3.94. The SMILES string of the molecule is COc1ccc(C(=O)N2CCC3(CC2)NC(=O)N(Cc2ccc(F)cc2)C3=O)cc1. The van der Waals surface area contributed by atoms with E-state index in [1.54, 1.807) is 48.4 Å². The van der Waals surface area contributed by atoms with Crippen molar-refractivity contribution < 1.29 is 23.5 Å². The lowest BCUT2D eigenvalue weighted by Crippen LogP contribution is -2.55. The van der Waals surface area contributed by atoms with Gasteiger partial charge in [0, 0.05) is 18.7 Å². The van der Waals surface area contributed by atoms with Gasteiger partial charge in [-0.1, -0.05) is 12.1 Å². The molecule has 2 saturated heterocycles. The van der Waals surface area contributed by atoms with E-state index in [2.05, 4.69) is 5.32 Å². The van der Waals surface area contributed by atoms with E-state index in [0.717, 1.165) is 4.90 Å². The van der Waals surface area contributed by atoms with Crippen LogP contribution in [0.3, 0.4) is 0 Å². The molecule has 2 fully saturated rings. The second kappa shape index (κ2) is 7.78. The standard InChI is InChI=1S/C22H22FN3O4/c1-30-18-8-4-16(5-9-18)19(27)25-12-10-22(11-13-25)20(28)26(21(29)24-22)14-15-2-6-17(23)7-3-15/h2-9H,10-14H2,1H3,(H,24,29). The summed E-state index contributed by atoms with van der Waals surface area (Å²) in [6.07, 6.45) is 0.693. The number of hydrogen-bond donors (Lipinski definition) is 1. The van der Waals surface area contributed by atoms with Crippen molar-refractivity contribution in [2.75, 3.05) is 20.2 Å². The molecule has 2 aromatic carbocycles. The van der Waals surface area contributed by atoms with Crippen LogP contribution < -0.4 is 10.1 Å². The van der Waals surface area contributed by atoms with E-state index in [4.69, 9.17) is 4.74 Å². The molecule has 156 valence electrons. The Morgan fingerprint density at radius 3 is 2.30 bits per heavy atom. The van der Waals surface area contributed by atoms with Crippen LogP contribution in [0.4, 0.5) is 9.18 Å². The first-order chi connectivity index (χ1) is 14.4. The molecule has 0 atom stereocenters. The summed E-state index contributed by atoms with van der Waals surface area (Å²) in [5, 5.41) is 2.82. The third-order valence-corrected chi connectivity index (χ3v) is 5.74. The van der Waals surface area contributed by atoms with Gasteiger partial charge in [-0.2, -0.15) is 0 Å². The Morgan fingerprint density at radius 1 is 1.07 bits per heavy atom. The van der Waals surface area contributed by atoms with E-state index >= 15 is 0 Å². The molecule has 2 heterocycles. The molecule has 0 saturated carbocycles. The van der Waals surface area contributed by atoms with Crippen molar-refractivity contribution in [3.8, 4) is 5.75 Å². The number of carbonyl (C=O) groups excluding carboxylic acids is 3. The zero-order chi connectivity index (χ0) is 21.3. The summed E-state index contributed by atoms with van der Waals surface area (Å²) in [7, 11) is 1.56. The van der Waals surface area contributed by atoms with E-state index < -0.39 is 11.6 Å². The van der Waals surface area contributed by atoms with Crippen LogP contribution in [0, 0.1) is 5.82 Å². The molecule has 0 aromatic heterocycles. The number of urea groups is 1. The van der Waals surface area contributed by atoms with E-state index in [1.165, 1.54) is 12.1 Å².